The lowest BCUT2D eigenvalue weighted by Gasteiger charge is -2.37. The smallest absolute Gasteiger partial charge is 0.281 e. The van der Waals surface area contributed by atoms with Crippen LogP contribution >= 0.6 is 11.8 Å². The maximum Gasteiger partial charge on any atom is 0.281 e. The highest BCUT2D eigenvalue weighted by atomic mass is 32.2. The lowest BCUT2D eigenvalue weighted by atomic mass is 9.83. The van der Waals surface area contributed by atoms with E-state index in [0.29, 0.717) is 4.90 Å². The van der Waals surface area contributed by atoms with Crippen LogP contribution in [-0.2, 0) is 14.4 Å². The van der Waals surface area contributed by atoms with Gasteiger partial charge in [0.2, 0.25) is 0 Å². The number of hydrogen-bond acceptors (Lipinski definition) is 7. The van der Waals surface area contributed by atoms with Crippen molar-refractivity contribution < 1.29 is 24.1 Å². The lowest BCUT2D eigenvalue weighted by Crippen LogP contribution is -2.57. The maximum absolute atomic E-state index is 12.7. The van der Waals surface area contributed by atoms with Crippen molar-refractivity contribution in [3.05, 3.63) is 33.9 Å². The second-order valence-electron chi connectivity index (χ2n) is 5.74. The van der Waals surface area contributed by atoms with E-state index in [0.717, 1.165) is 5.06 Å². The molecule has 0 aromatic heterocycles. The predicted octanol–water partition coefficient (Wildman–Crippen LogP) is 1.87. The minimum atomic E-state index is -1.66. The Kier molecular flexibility index (Phi) is 4.77. The zero-order valence-corrected chi connectivity index (χ0v) is 14.4. The second-order valence-corrected chi connectivity index (χ2v) is 6.62. The number of hydroxylamine groups is 2. The molecule has 8 nitrogen and oxygen atoms in total. The van der Waals surface area contributed by atoms with E-state index in [9.17, 15) is 24.5 Å². The van der Waals surface area contributed by atoms with Gasteiger partial charge in [0.1, 0.15) is 5.60 Å². The van der Waals surface area contributed by atoms with Gasteiger partial charge in [0.25, 0.3) is 11.6 Å². The van der Waals surface area contributed by atoms with Crippen molar-refractivity contribution in [2.45, 2.75) is 24.3 Å². The average Bonchev–Trinajstić information content (AvgIpc) is 2.52. The standard InChI is InChI=1S/C15H16N2O6S/c1-15(2)13(19)11(14(20)16(3)23-15)12(18)9-6-5-8(24-4)7-10(9)17(21)22/h5-7,11H,1-4H3. The molecule has 1 fully saturated rings. The third kappa shape index (κ3) is 3.04. The van der Waals surface area contributed by atoms with Crippen LogP contribution in [0.3, 0.4) is 0 Å². The molecule has 1 atom stereocenters. The molecule has 1 aliphatic heterocycles. The van der Waals surface area contributed by atoms with Crippen LogP contribution in [0.1, 0.15) is 24.2 Å². The summed E-state index contributed by atoms with van der Waals surface area (Å²) in [5.74, 6) is -4.11. The van der Waals surface area contributed by atoms with Crippen LogP contribution in [0.15, 0.2) is 23.1 Å². The Labute approximate surface area is 142 Å². The molecule has 2 rings (SSSR count). The summed E-state index contributed by atoms with van der Waals surface area (Å²) in [4.78, 5) is 53.8. The molecule has 1 amide bonds. The summed E-state index contributed by atoms with van der Waals surface area (Å²) in [6.45, 7) is 2.87. The fraction of sp³-hybridized carbons (Fsp3) is 0.400. The summed E-state index contributed by atoms with van der Waals surface area (Å²) in [7, 11) is 1.29. The first-order valence-electron chi connectivity index (χ1n) is 6.98. The Morgan fingerprint density at radius 2 is 2.00 bits per heavy atom. The number of carbonyl (C=O) groups excluding carboxylic acids is 3. The van der Waals surface area contributed by atoms with E-state index in [1.54, 1.807) is 6.26 Å². The summed E-state index contributed by atoms with van der Waals surface area (Å²) >= 11 is 1.28. The summed E-state index contributed by atoms with van der Waals surface area (Å²) in [5, 5.41) is 12.1. The summed E-state index contributed by atoms with van der Waals surface area (Å²) < 4.78 is 0. The van der Waals surface area contributed by atoms with Crippen LogP contribution in [0.5, 0.6) is 0 Å². The highest BCUT2D eigenvalue weighted by molar-refractivity contribution is 7.98. The third-order valence-corrected chi connectivity index (χ3v) is 4.43. The van der Waals surface area contributed by atoms with Crippen molar-refractivity contribution in [1.29, 1.82) is 0 Å². The molecule has 1 aromatic carbocycles. The number of amides is 1. The highest BCUT2D eigenvalue weighted by Crippen LogP contribution is 2.32. The molecule has 0 radical (unpaired) electrons. The number of nitrogens with zero attached hydrogens (tertiary/aromatic N) is 2. The molecular formula is C15H16N2O6S. The number of carbonyl (C=O) groups is 3. The van der Waals surface area contributed by atoms with Crippen LogP contribution in [0.4, 0.5) is 5.69 Å². The van der Waals surface area contributed by atoms with Crippen LogP contribution in [0.2, 0.25) is 0 Å². The molecule has 0 bridgehead atoms. The zero-order chi connectivity index (χ0) is 18.2. The maximum atomic E-state index is 12.7. The number of benzene rings is 1. The first-order valence-corrected chi connectivity index (χ1v) is 8.20. The number of hydrogen-bond donors (Lipinski definition) is 0. The largest absolute Gasteiger partial charge is 0.295 e. The molecule has 1 heterocycles. The van der Waals surface area contributed by atoms with E-state index in [1.165, 1.54) is 50.9 Å². The minimum Gasteiger partial charge on any atom is -0.295 e. The van der Waals surface area contributed by atoms with Gasteiger partial charge in [-0.05, 0) is 32.2 Å². The number of thioether (sulfide) groups is 1. The van der Waals surface area contributed by atoms with Crippen LogP contribution < -0.4 is 0 Å². The number of ketones is 2. The van der Waals surface area contributed by atoms with Crippen molar-refractivity contribution in [3.8, 4) is 0 Å². The number of Topliss-reactive ketones (excluding diaryl/α,β-unsaturated/α-hetero) is 2. The molecule has 1 unspecified atom stereocenters. The average molecular weight is 352 g/mol. The topological polar surface area (TPSA) is 107 Å². The molecule has 0 aliphatic carbocycles. The van der Waals surface area contributed by atoms with Crippen molar-refractivity contribution >= 4 is 34.9 Å². The molecule has 1 aliphatic rings. The van der Waals surface area contributed by atoms with Crippen molar-refractivity contribution in [2.75, 3.05) is 13.3 Å². The van der Waals surface area contributed by atoms with Gasteiger partial charge in [-0.3, -0.25) is 29.3 Å². The van der Waals surface area contributed by atoms with Crippen LogP contribution in [-0.4, -0.2) is 46.4 Å². The second kappa shape index (κ2) is 6.33. The molecule has 128 valence electrons. The molecule has 0 saturated carbocycles. The molecule has 24 heavy (non-hydrogen) atoms. The van der Waals surface area contributed by atoms with Gasteiger partial charge in [-0.2, -0.15) is 0 Å². The Bertz CT molecular complexity index is 745. The molecule has 1 saturated heterocycles. The molecule has 0 N–H and O–H groups in total. The predicted molar refractivity (Wildman–Crippen MR) is 85.6 cm³/mol. The highest BCUT2D eigenvalue weighted by Gasteiger charge is 2.51. The van der Waals surface area contributed by atoms with E-state index in [4.69, 9.17) is 4.84 Å². The van der Waals surface area contributed by atoms with Crippen molar-refractivity contribution in [1.82, 2.24) is 5.06 Å². The van der Waals surface area contributed by atoms with Gasteiger partial charge >= 0.3 is 0 Å². The SMILES string of the molecule is CSc1ccc(C(=O)C2C(=O)N(C)OC(C)(C)C2=O)c([N+](=O)[O-])c1. The van der Waals surface area contributed by atoms with E-state index >= 15 is 0 Å². The minimum absolute atomic E-state index is 0.268. The van der Waals surface area contributed by atoms with Gasteiger partial charge in [-0.1, -0.05) is 0 Å². The van der Waals surface area contributed by atoms with E-state index < -0.39 is 39.6 Å². The number of nitro benzene ring substituents is 1. The van der Waals surface area contributed by atoms with Gasteiger partial charge in [0.15, 0.2) is 17.5 Å². The first kappa shape index (κ1) is 18.1. The monoisotopic (exact) mass is 352 g/mol. The fourth-order valence-corrected chi connectivity index (χ4v) is 2.89. The van der Waals surface area contributed by atoms with E-state index in [-0.39, 0.29) is 5.56 Å². The van der Waals surface area contributed by atoms with Gasteiger partial charge in [0, 0.05) is 18.0 Å². The van der Waals surface area contributed by atoms with Crippen LogP contribution in [0.25, 0.3) is 0 Å². The summed E-state index contributed by atoms with van der Waals surface area (Å²) in [6.07, 6.45) is 1.74. The van der Waals surface area contributed by atoms with Gasteiger partial charge in [-0.15, -0.1) is 11.8 Å². The molecular weight excluding hydrogens is 336 g/mol. The lowest BCUT2D eigenvalue weighted by molar-refractivity contribution is -0.385. The molecule has 1 aromatic rings. The summed E-state index contributed by atoms with van der Waals surface area (Å²) in [5.41, 5.74) is -2.08. The first-order chi connectivity index (χ1) is 11.1. The van der Waals surface area contributed by atoms with E-state index in [2.05, 4.69) is 0 Å². The Hall–Kier alpha value is -2.26. The Balaban J connectivity index is 2.53. The quantitative estimate of drug-likeness (QED) is 0.268. The Morgan fingerprint density at radius 1 is 1.38 bits per heavy atom. The molecule has 9 heteroatoms. The van der Waals surface area contributed by atoms with E-state index in [1.807, 2.05) is 0 Å². The van der Waals surface area contributed by atoms with Crippen molar-refractivity contribution in [2.24, 2.45) is 5.92 Å². The Morgan fingerprint density at radius 3 is 2.54 bits per heavy atom. The number of nitro groups is 1. The third-order valence-electron chi connectivity index (χ3n) is 3.71. The van der Waals surface area contributed by atoms with Crippen LogP contribution in [0, 0.1) is 16.0 Å². The summed E-state index contributed by atoms with van der Waals surface area (Å²) in [6, 6.07) is 4.06. The zero-order valence-electron chi connectivity index (χ0n) is 13.6. The molecule has 0 spiro atoms. The normalized spacial score (nSPS) is 20.2. The van der Waals surface area contributed by atoms with Gasteiger partial charge in [0.05, 0.1) is 10.5 Å². The van der Waals surface area contributed by atoms with Crippen molar-refractivity contribution in [3.63, 3.8) is 0 Å². The van der Waals surface area contributed by atoms with Gasteiger partial charge < -0.3 is 0 Å². The fourth-order valence-electron chi connectivity index (χ4n) is 2.46. The number of rotatable bonds is 4. The van der Waals surface area contributed by atoms with Gasteiger partial charge in [-0.25, -0.2) is 5.06 Å².